The van der Waals surface area contributed by atoms with E-state index in [1.165, 1.54) is 35.9 Å². The number of ether oxygens (including phenoxy) is 1. The third-order valence-corrected chi connectivity index (χ3v) is 5.64. The number of nitrogens with one attached hydrogen (secondary N) is 1. The zero-order chi connectivity index (χ0) is 23.0. The summed E-state index contributed by atoms with van der Waals surface area (Å²) in [7, 11) is 1.15. The Labute approximate surface area is 187 Å². The van der Waals surface area contributed by atoms with Crippen molar-refractivity contribution in [1.29, 1.82) is 0 Å². The number of esters is 1. The smallest absolute Gasteiger partial charge is 0.420 e. The Morgan fingerprint density at radius 1 is 1.34 bits per heavy atom. The number of carbonyl (C=O) groups is 2. The van der Waals surface area contributed by atoms with E-state index in [0.717, 1.165) is 17.6 Å². The van der Waals surface area contributed by atoms with Gasteiger partial charge in [-0.1, -0.05) is 11.6 Å². The first-order valence-corrected chi connectivity index (χ1v) is 10.3. The molecule has 1 atom stereocenters. The average molecular weight is 484 g/mol. The first-order valence-electron chi connectivity index (χ1n) is 8.94. The molecular weight excluding hydrogens is 471 g/mol. The molecule has 0 saturated heterocycles. The normalized spacial score (nSPS) is 12.7. The molecule has 166 valence electrons. The summed E-state index contributed by atoms with van der Waals surface area (Å²) in [4.78, 5) is 28.8. The number of thiophene rings is 1. The number of pyridine rings is 1. The third-order valence-electron chi connectivity index (χ3n) is 4.58. The zero-order valence-electron chi connectivity index (χ0n) is 16.1. The summed E-state index contributed by atoms with van der Waals surface area (Å²) in [6.07, 6.45) is -2.18. The molecule has 0 saturated carbocycles. The Hall–Kier alpha value is -3.31. The molecule has 12 heteroatoms. The lowest BCUT2D eigenvalue weighted by molar-refractivity contribution is -0.143. The van der Waals surface area contributed by atoms with Crippen LogP contribution in [-0.2, 0) is 15.7 Å². The van der Waals surface area contributed by atoms with Gasteiger partial charge in [-0.05, 0) is 40.6 Å². The number of hydrogen-bond acceptors (Lipinski definition) is 6. The number of hydrogen-bond donors (Lipinski definition) is 1. The summed E-state index contributed by atoms with van der Waals surface area (Å²) in [5.74, 6) is -1.52. The predicted molar refractivity (Wildman–Crippen MR) is 109 cm³/mol. The van der Waals surface area contributed by atoms with Crippen LogP contribution >= 0.6 is 22.9 Å². The molecule has 4 rings (SSSR count). The fourth-order valence-electron chi connectivity index (χ4n) is 3.08. The molecule has 1 N–H and O–H groups in total. The number of aromatic nitrogens is 2. The van der Waals surface area contributed by atoms with Gasteiger partial charge in [-0.25, -0.2) is 9.78 Å². The van der Waals surface area contributed by atoms with E-state index in [2.05, 4.69) is 10.3 Å². The molecule has 4 aromatic heterocycles. The molecule has 1 amide bonds. The van der Waals surface area contributed by atoms with E-state index >= 15 is 0 Å². The molecule has 7 nitrogen and oxygen atoms in total. The molecule has 4 heterocycles. The molecule has 4 aromatic rings. The highest BCUT2D eigenvalue weighted by Crippen LogP contribution is 2.37. The van der Waals surface area contributed by atoms with Gasteiger partial charge in [-0.15, -0.1) is 0 Å². The minimum absolute atomic E-state index is 0.0896. The molecular formula is C20H13ClF3N3O4S. The number of halogens is 4. The number of methoxy groups -OCH3 is 1. The number of furan rings is 1. The third kappa shape index (κ3) is 3.96. The van der Waals surface area contributed by atoms with Crippen molar-refractivity contribution in [1.82, 2.24) is 14.7 Å². The topological polar surface area (TPSA) is 85.8 Å². The van der Waals surface area contributed by atoms with Crippen LogP contribution in [0.3, 0.4) is 0 Å². The van der Waals surface area contributed by atoms with Gasteiger partial charge in [0.25, 0.3) is 5.91 Å². The van der Waals surface area contributed by atoms with Crippen LogP contribution in [0.5, 0.6) is 0 Å². The maximum atomic E-state index is 13.7. The number of amides is 1. The second kappa shape index (κ2) is 8.32. The van der Waals surface area contributed by atoms with E-state index in [4.69, 9.17) is 20.8 Å². The van der Waals surface area contributed by atoms with Gasteiger partial charge in [0.05, 0.1) is 18.9 Å². The number of alkyl halides is 3. The van der Waals surface area contributed by atoms with Crippen LogP contribution in [0.15, 0.2) is 51.9 Å². The fraction of sp³-hybridized carbons (Fsp3) is 0.150. The van der Waals surface area contributed by atoms with Crippen molar-refractivity contribution in [2.24, 2.45) is 0 Å². The lowest BCUT2D eigenvalue weighted by Crippen LogP contribution is -2.34. The van der Waals surface area contributed by atoms with Crippen LogP contribution in [-0.4, -0.2) is 28.4 Å². The standard InChI is InChI=1S/C20H13ClF3N3O4S/c1-30-19(29)14(10-4-6-32-9-10)26-18(28)15-16(21)27-8-11(13-3-2-5-31-13)7-12(17(27)25-15)20(22,23)24/h2-9,14H,1H3,(H,26,28). The average Bonchev–Trinajstić information content (AvgIpc) is 3.51. The van der Waals surface area contributed by atoms with Gasteiger partial charge in [0.15, 0.2) is 17.4 Å². The lowest BCUT2D eigenvalue weighted by atomic mass is 10.1. The molecule has 0 spiro atoms. The first-order chi connectivity index (χ1) is 15.2. The number of carbonyl (C=O) groups excluding carboxylic acids is 2. The van der Waals surface area contributed by atoms with E-state index < -0.39 is 41.0 Å². The molecule has 0 aromatic carbocycles. The lowest BCUT2D eigenvalue weighted by Gasteiger charge is -2.14. The number of imidazole rings is 1. The Balaban J connectivity index is 1.80. The van der Waals surface area contributed by atoms with E-state index in [9.17, 15) is 22.8 Å². The summed E-state index contributed by atoms with van der Waals surface area (Å²) < 4.78 is 52.1. The van der Waals surface area contributed by atoms with E-state index in [1.54, 1.807) is 16.8 Å². The summed E-state index contributed by atoms with van der Waals surface area (Å²) >= 11 is 7.55. The maximum absolute atomic E-state index is 13.7. The minimum atomic E-state index is -4.78. The monoisotopic (exact) mass is 483 g/mol. The van der Waals surface area contributed by atoms with Crippen LogP contribution in [0, 0.1) is 0 Å². The van der Waals surface area contributed by atoms with Gasteiger partial charge in [0.2, 0.25) is 0 Å². The maximum Gasteiger partial charge on any atom is 0.420 e. The summed E-state index contributed by atoms with van der Waals surface area (Å²) in [6, 6.07) is 4.30. The van der Waals surface area contributed by atoms with Crippen molar-refractivity contribution in [2.75, 3.05) is 7.11 Å². The van der Waals surface area contributed by atoms with E-state index in [0.29, 0.717) is 5.56 Å². The van der Waals surface area contributed by atoms with Crippen molar-refractivity contribution in [3.8, 4) is 11.3 Å². The van der Waals surface area contributed by atoms with Crippen molar-refractivity contribution in [2.45, 2.75) is 12.2 Å². The molecule has 0 aliphatic carbocycles. The zero-order valence-corrected chi connectivity index (χ0v) is 17.7. The molecule has 0 aliphatic heterocycles. The second-order valence-corrected chi connectivity index (χ2v) is 7.69. The van der Waals surface area contributed by atoms with Gasteiger partial charge in [-0.3, -0.25) is 9.20 Å². The fourth-order valence-corrected chi connectivity index (χ4v) is 4.03. The largest absolute Gasteiger partial charge is 0.467 e. The van der Waals surface area contributed by atoms with Crippen molar-refractivity contribution in [3.63, 3.8) is 0 Å². The first kappa shape index (κ1) is 21.9. The molecule has 0 aliphatic rings. The second-order valence-electron chi connectivity index (χ2n) is 6.55. The number of nitrogens with zero attached hydrogens (tertiary/aromatic N) is 2. The van der Waals surface area contributed by atoms with Gasteiger partial charge < -0.3 is 14.5 Å². The minimum Gasteiger partial charge on any atom is -0.467 e. The van der Waals surface area contributed by atoms with Gasteiger partial charge in [-0.2, -0.15) is 24.5 Å². The molecule has 0 fully saturated rings. The molecule has 0 bridgehead atoms. The molecule has 1 unspecified atom stereocenters. The SMILES string of the molecule is COC(=O)C(NC(=O)c1nc2c(C(F)(F)F)cc(-c3ccco3)cn2c1Cl)c1ccsc1. The highest BCUT2D eigenvalue weighted by molar-refractivity contribution is 7.08. The Morgan fingerprint density at radius 3 is 2.72 bits per heavy atom. The van der Waals surface area contributed by atoms with Gasteiger partial charge in [0, 0.05) is 11.8 Å². The summed E-state index contributed by atoms with van der Waals surface area (Å²) in [6.45, 7) is 0. The van der Waals surface area contributed by atoms with Crippen LogP contribution in [0.25, 0.3) is 17.0 Å². The Kier molecular flexibility index (Phi) is 5.70. The van der Waals surface area contributed by atoms with E-state index in [1.807, 2.05) is 0 Å². The van der Waals surface area contributed by atoms with E-state index in [-0.39, 0.29) is 16.5 Å². The predicted octanol–water partition coefficient (Wildman–Crippen LogP) is 4.97. The Bertz CT molecular complexity index is 1280. The van der Waals surface area contributed by atoms with Crippen LogP contribution in [0.2, 0.25) is 5.15 Å². The summed E-state index contributed by atoms with van der Waals surface area (Å²) in [5, 5.41) is 5.39. The quantitative estimate of drug-likeness (QED) is 0.405. The van der Waals surface area contributed by atoms with Crippen LogP contribution in [0.1, 0.15) is 27.7 Å². The molecule has 32 heavy (non-hydrogen) atoms. The summed E-state index contributed by atoms with van der Waals surface area (Å²) in [5.41, 5.74) is -1.60. The van der Waals surface area contributed by atoms with Crippen LogP contribution in [0.4, 0.5) is 13.2 Å². The number of fused-ring (bicyclic) bond motifs is 1. The Morgan fingerprint density at radius 2 is 2.12 bits per heavy atom. The number of rotatable bonds is 5. The van der Waals surface area contributed by atoms with Gasteiger partial charge >= 0.3 is 12.1 Å². The highest BCUT2D eigenvalue weighted by atomic mass is 35.5. The highest BCUT2D eigenvalue weighted by Gasteiger charge is 2.36. The van der Waals surface area contributed by atoms with Gasteiger partial charge in [0.1, 0.15) is 10.9 Å². The van der Waals surface area contributed by atoms with Crippen molar-refractivity contribution >= 4 is 40.5 Å². The van der Waals surface area contributed by atoms with Crippen molar-refractivity contribution in [3.05, 3.63) is 69.5 Å². The van der Waals surface area contributed by atoms with Crippen molar-refractivity contribution < 1.29 is 31.9 Å². The van der Waals surface area contributed by atoms with Crippen LogP contribution < -0.4 is 5.32 Å². The molecule has 0 radical (unpaired) electrons.